The van der Waals surface area contributed by atoms with E-state index in [9.17, 15) is 20.1 Å². The Morgan fingerprint density at radius 3 is 2.35 bits per heavy atom. The number of rotatable bonds is 8. The van der Waals surface area contributed by atoms with Gasteiger partial charge in [-0.3, -0.25) is 4.79 Å². The van der Waals surface area contributed by atoms with E-state index in [0.29, 0.717) is 61.5 Å². The Hall–Kier alpha value is -2.05. The molecule has 0 aromatic rings. The van der Waals surface area contributed by atoms with Crippen molar-refractivity contribution < 1.29 is 67.5 Å². The largest absolute Gasteiger partial charge is 0.462 e. The van der Waals surface area contributed by atoms with Gasteiger partial charge in [-0.2, -0.15) is 0 Å². The van der Waals surface area contributed by atoms with E-state index in [1.807, 2.05) is 19.1 Å². The molecule has 350 valence electrons. The van der Waals surface area contributed by atoms with Crippen LogP contribution in [0.3, 0.4) is 0 Å². The van der Waals surface area contributed by atoms with Gasteiger partial charge in [0.05, 0.1) is 49.3 Å². The van der Waals surface area contributed by atoms with Gasteiger partial charge in [-0.25, -0.2) is 0 Å². The smallest absolute Gasteiger partial charge is 0.316 e. The standard InChI is InChI=1S/C48H74O14/c1-11-25(2)43-28(5)17-18-47(62-43)23-34-20-33(61-47)16-15-27(4)42(26(3)13-12-14-32-24-55-45-40(49)29(6)19-35(46(51)58-34)48(32,45)52)59-39-22-37(54-10)44(31(8)57-39)60-38-21-36(53-9)41(50)30(7)56-38/h12-15,19,25-26,28,30-31,33-45,49-50,52H,11,16-18,20-24H2,1-10H3/b13-12+,27-15+,32-14+/t25-,26-,28-,30-,31-,33+,34-,35-,36-,37-,38?,39?,40+,41-,42-,43+,44-,45+,47+,48+/m0/s1. The maximum atomic E-state index is 14.4. The first kappa shape index (κ1) is 47.9. The fourth-order valence-electron chi connectivity index (χ4n) is 11.0. The summed E-state index contributed by atoms with van der Waals surface area (Å²) in [7, 11) is 3.23. The van der Waals surface area contributed by atoms with E-state index < -0.39 is 90.8 Å². The van der Waals surface area contributed by atoms with Crippen LogP contribution in [0.1, 0.15) is 107 Å². The van der Waals surface area contributed by atoms with E-state index in [1.54, 1.807) is 40.2 Å². The van der Waals surface area contributed by atoms with Gasteiger partial charge in [-0.1, -0.05) is 64.5 Å². The average Bonchev–Trinajstić information content (AvgIpc) is 3.58. The molecule has 0 aromatic carbocycles. The molecule has 7 aliphatic rings. The van der Waals surface area contributed by atoms with Gasteiger partial charge in [-0.05, 0) is 69.1 Å². The third-order valence-electron chi connectivity index (χ3n) is 14.9. The summed E-state index contributed by atoms with van der Waals surface area (Å²) >= 11 is 0. The van der Waals surface area contributed by atoms with Crippen LogP contribution in [0.5, 0.6) is 0 Å². The summed E-state index contributed by atoms with van der Waals surface area (Å²) in [5.41, 5.74) is 0.188. The zero-order valence-corrected chi connectivity index (χ0v) is 38.5. The zero-order valence-electron chi connectivity index (χ0n) is 38.5. The molecule has 0 aromatic heterocycles. The van der Waals surface area contributed by atoms with Crippen LogP contribution in [0.2, 0.25) is 0 Å². The average molecular weight is 875 g/mol. The number of hydrogen-bond acceptors (Lipinski definition) is 14. The molecular formula is C48H74O14. The number of carbonyl (C=O) groups is 1. The first-order chi connectivity index (χ1) is 29.5. The Morgan fingerprint density at radius 2 is 1.63 bits per heavy atom. The lowest BCUT2D eigenvalue weighted by molar-refractivity contribution is -0.340. The van der Waals surface area contributed by atoms with Crippen LogP contribution in [0.4, 0.5) is 0 Å². The van der Waals surface area contributed by atoms with E-state index in [2.05, 4.69) is 40.7 Å². The highest BCUT2D eigenvalue weighted by molar-refractivity contribution is 5.78. The molecule has 2 bridgehead atoms. The van der Waals surface area contributed by atoms with Crippen molar-refractivity contribution >= 4 is 5.97 Å². The number of esters is 1. The maximum Gasteiger partial charge on any atom is 0.316 e. The second-order valence-corrected chi connectivity index (χ2v) is 19.4. The van der Waals surface area contributed by atoms with Crippen molar-refractivity contribution in [3.05, 3.63) is 47.1 Å². The molecule has 0 amide bonds. The molecule has 3 N–H and O–H groups in total. The van der Waals surface area contributed by atoms with Crippen molar-refractivity contribution in [1.29, 1.82) is 0 Å². The summed E-state index contributed by atoms with van der Waals surface area (Å²) in [5.74, 6) is -2.10. The van der Waals surface area contributed by atoms with Gasteiger partial charge in [0.2, 0.25) is 0 Å². The molecular weight excluding hydrogens is 801 g/mol. The molecule has 62 heavy (non-hydrogen) atoms. The van der Waals surface area contributed by atoms with Gasteiger partial charge in [0, 0.05) is 52.2 Å². The lowest BCUT2D eigenvalue weighted by atomic mass is 9.71. The SMILES string of the molecule is CC[C@H](C)[C@H]1O[C@]2(CC[C@@H]1C)C[C@@H]1C[C@@H](C/C=C(\C)[C@@H](OC3C[C@H](OC)[C@@H](OC4C[C@H](OC)[C@@H](O)[C@H](C)O4)[C@H](C)O3)[C@@H](C)/C=C/C=C3\CO[C@@H]4[C@H](O)C(C)=C[C@@H](C(=O)O1)[C@]34O)O2. The molecule has 0 saturated carbocycles. The molecule has 14 heteroatoms. The predicted molar refractivity (Wildman–Crippen MR) is 227 cm³/mol. The molecule has 14 nitrogen and oxygen atoms in total. The highest BCUT2D eigenvalue weighted by Gasteiger charge is 2.60. The van der Waals surface area contributed by atoms with Crippen LogP contribution < -0.4 is 0 Å². The van der Waals surface area contributed by atoms with Crippen molar-refractivity contribution in [3.8, 4) is 0 Å². The minimum atomic E-state index is -1.82. The number of aliphatic hydroxyl groups excluding tert-OH is 2. The number of hydrogen-bond donors (Lipinski definition) is 3. The van der Waals surface area contributed by atoms with E-state index in [0.717, 1.165) is 18.4 Å². The van der Waals surface area contributed by atoms with Crippen molar-refractivity contribution in [3.63, 3.8) is 0 Å². The molecule has 7 rings (SSSR count). The molecule has 20 atom stereocenters. The van der Waals surface area contributed by atoms with Gasteiger partial charge in [0.25, 0.3) is 0 Å². The van der Waals surface area contributed by atoms with Crippen LogP contribution >= 0.6 is 0 Å². The van der Waals surface area contributed by atoms with E-state index in [1.165, 1.54) is 0 Å². The topological polar surface area (TPSA) is 170 Å². The Labute approximate surface area is 368 Å². The van der Waals surface area contributed by atoms with Crippen LogP contribution in [-0.2, 0) is 52.2 Å². The molecule has 5 saturated heterocycles. The fourth-order valence-corrected chi connectivity index (χ4v) is 11.0. The van der Waals surface area contributed by atoms with Crippen molar-refractivity contribution in [2.24, 2.45) is 23.7 Å². The molecule has 2 unspecified atom stereocenters. The minimum Gasteiger partial charge on any atom is -0.462 e. The monoisotopic (exact) mass is 875 g/mol. The first-order valence-corrected chi connectivity index (χ1v) is 23.2. The second-order valence-electron chi connectivity index (χ2n) is 19.4. The second kappa shape index (κ2) is 19.8. The predicted octanol–water partition coefficient (Wildman–Crippen LogP) is 5.60. The third-order valence-corrected chi connectivity index (χ3v) is 14.9. The summed E-state index contributed by atoms with van der Waals surface area (Å²) in [5, 5.41) is 34.2. The number of ether oxygens (including phenoxy) is 10. The van der Waals surface area contributed by atoms with Crippen molar-refractivity contribution in [2.45, 2.75) is 204 Å². The van der Waals surface area contributed by atoms with E-state index in [-0.39, 0.29) is 30.8 Å². The normalized spacial score (nSPS) is 49.4. The summed E-state index contributed by atoms with van der Waals surface area (Å²) in [6, 6.07) is 0. The minimum absolute atomic E-state index is 0.00708. The Balaban J connectivity index is 1.18. The quantitative estimate of drug-likeness (QED) is 0.204. The summed E-state index contributed by atoms with van der Waals surface area (Å²) in [6.45, 7) is 16.3. The zero-order chi connectivity index (χ0) is 44.7. The van der Waals surface area contributed by atoms with Gasteiger partial charge in [0.15, 0.2) is 18.4 Å². The van der Waals surface area contributed by atoms with Crippen LogP contribution in [-0.4, -0.2) is 139 Å². The van der Waals surface area contributed by atoms with E-state index in [4.69, 9.17) is 47.4 Å². The van der Waals surface area contributed by atoms with Crippen LogP contribution in [0.15, 0.2) is 47.1 Å². The number of fused-ring (bicyclic) bond motifs is 2. The van der Waals surface area contributed by atoms with Crippen molar-refractivity contribution in [1.82, 2.24) is 0 Å². The highest BCUT2D eigenvalue weighted by atomic mass is 16.7. The number of carbonyl (C=O) groups excluding carboxylic acids is 1. The third kappa shape index (κ3) is 9.73. The molecule has 6 aliphatic heterocycles. The Bertz CT molecular complexity index is 1680. The molecule has 1 spiro atoms. The van der Waals surface area contributed by atoms with Gasteiger partial charge in [0.1, 0.15) is 42.0 Å². The lowest BCUT2D eigenvalue weighted by Crippen LogP contribution is -2.58. The molecule has 0 radical (unpaired) electrons. The molecule has 1 aliphatic carbocycles. The van der Waals surface area contributed by atoms with Crippen molar-refractivity contribution in [2.75, 3.05) is 20.8 Å². The molecule has 5 fully saturated rings. The fraction of sp³-hybridized carbons (Fsp3) is 0.812. The summed E-state index contributed by atoms with van der Waals surface area (Å²) in [4.78, 5) is 14.4. The summed E-state index contributed by atoms with van der Waals surface area (Å²) in [6.07, 6.45) is 6.53. The highest BCUT2D eigenvalue weighted by Crippen LogP contribution is 2.48. The lowest BCUT2D eigenvalue weighted by Gasteiger charge is -2.51. The number of aliphatic hydroxyl groups is 3. The molecule has 6 heterocycles. The Kier molecular flexibility index (Phi) is 15.3. The van der Waals surface area contributed by atoms with Crippen LogP contribution in [0, 0.1) is 23.7 Å². The first-order valence-electron chi connectivity index (χ1n) is 23.2. The number of allylic oxidation sites excluding steroid dienone is 2. The van der Waals surface area contributed by atoms with Gasteiger partial charge >= 0.3 is 5.97 Å². The van der Waals surface area contributed by atoms with Gasteiger partial charge in [-0.15, -0.1) is 0 Å². The van der Waals surface area contributed by atoms with Gasteiger partial charge < -0.3 is 62.7 Å². The van der Waals surface area contributed by atoms with Crippen LogP contribution in [0.25, 0.3) is 0 Å². The number of methoxy groups -OCH3 is 2. The maximum absolute atomic E-state index is 14.4. The summed E-state index contributed by atoms with van der Waals surface area (Å²) < 4.78 is 63.9. The van der Waals surface area contributed by atoms with E-state index >= 15 is 0 Å². The Morgan fingerprint density at radius 1 is 0.919 bits per heavy atom.